The van der Waals surface area contributed by atoms with E-state index in [-0.39, 0.29) is 12.3 Å². The van der Waals surface area contributed by atoms with E-state index in [9.17, 15) is 0 Å². The highest BCUT2D eigenvalue weighted by Gasteiger charge is 2.26. The standard InChI is InChI=1S/C13H16N2O/c1-8-13(12-7-14-9(2)16-12)10-5-3-4-6-11(10)15-8/h3-6,9,12,14-15H,7H2,1-2H3. The van der Waals surface area contributed by atoms with Crippen LogP contribution in [-0.4, -0.2) is 17.8 Å². The van der Waals surface area contributed by atoms with Gasteiger partial charge in [0.05, 0.1) is 6.10 Å². The summed E-state index contributed by atoms with van der Waals surface area (Å²) in [4.78, 5) is 3.41. The molecule has 1 aliphatic heterocycles. The molecule has 0 aliphatic carbocycles. The fourth-order valence-electron chi connectivity index (χ4n) is 2.50. The molecule has 84 valence electrons. The van der Waals surface area contributed by atoms with Crippen molar-refractivity contribution in [2.24, 2.45) is 0 Å². The molecule has 2 heterocycles. The zero-order chi connectivity index (χ0) is 11.1. The lowest BCUT2D eigenvalue weighted by Gasteiger charge is -2.10. The van der Waals surface area contributed by atoms with E-state index in [4.69, 9.17) is 4.74 Å². The molecule has 0 saturated carbocycles. The second-order valence-corrected chi connectivity index (χ2v) is 4.38. The number of H-pyrrole nitrogens is 1. The fourth-order valence-corrected chi connectivity index (χ4v) is 2.50. The Morgan fingerprint density at radius 2 is 2.12 bits per heavy atom. The average molecular weight is 216 g/mol. The molecule has 3 nitrogen and oxygen atoms in total. The minimum absolute atomic E-state index is 0.151. The van der Waals surface area contributed by atoms with Crippen LogP contribution in [0.5, 0.6) is 0 Å². The number of para-hydroxylation sites is 1. The molecular formula is C13H16N2O. The maximum atomic E-state index is 5.86. The molecule has 2 atom stereocenters. The van der Waals surface area contributed by atoms with E-state index in [2.05, 4.69) is 41.5 Å². The van der Waals surface area contributed by atoms with Crippen molar-refractivity contribution in [1.82, 2.24) is 10.3 Å². The second kappa shape index (κ2) is 3.61. The van der Waals surface area contributed by atoms with Crippen molar-refractivity contribution < 1.29 is 4.74 Å². The number of ether oxygens (including phenoxy) is 1. The van der Waals surface area contributed by atoms with Crippen LogP contribution in [0.3, 0.4) is 0 Å². The summed E-state index contributed by atoms with van der Waals surface area (Å²) in [5.41, 5.74) is 3.70. The molecule has 2 N–H and O–H groups in total. The van der Waals surface area contributed by atoms with Crippen molar-refractivity contribution in [2.45, 2.75) is 26.2 Å². The zero-order valence-electron chi connectivity index (χ0n) is 9.58. The normalized spacial score (nSPS) is 25.4. The van der Waals surface area contributed by atoms with E-state index >= 15 is 0 Å². The van der Waals surface area contributed by atoms with Gasteiger partial charge in [-0.15, -0.1) is 0 Å². The fraction of sp³-hybridized carbons (Fsp3) is 0.385. The van der Waals surface area contributed by atoms with Crippen molar-refractivity contribution >= 4 is 10.9 Å². The highest BCUT2D eigenvalue weighted by molar-refractivity contribution is 5.85. The summed E-state index contributed by atoms with van der Waals surface area (Å²) in [6, 6.07) is 8.39. The van der Waals surface area contributed by atoms with Crippen molar-refractivity contribution in [3.8, 4) is 0 Å². The van der Waals surface area contributed by atoms with Gasteiger partial charge in [0.25, 0.3) is 0 Å². The van der Waals surface area contributed by atoms with Gasteiger partial charge in [0.2, 0.25) is 0 Å². The van der Waals surface area contributed by atoms with E-state index in [1.807, 2.05) is 6.92 Å². The number of hydrogen-bond acceptors (Lipinski definition) is 2. The van der Waals surface area contributed by atoms with Crippen molar-refractivity contribution in [3.63, 3.8) is 0 Å². The summed E-state index contributed by atoms with van der Waals surface area (Å²) in [5, 5.41) is 4.59. The van der Waals surface area contributed by atoms with Crippen LogP contribution in [0, 0.1) is 6.92 Å². The smallest absolute Gasteiger partial charge is 0.106 e. The van der Waals surface area contributed by atoms with Crippen molar-refractivity contribution in [2.75, 3.05) is 6.54 Å². The highest BCUT2D eigenvalue weighted by Crippen LogP contribution is 2.32. The van der Waals surface area contributed by atoms with Crippen LogP contribution in [0.2, 0.25) is 0 Å². The quantitative estimate of drug-likeness (QED) is 0.768. The second-order valence-electron chi connectivity index (χ2n) is 4.38. The first-order valence-electron chi connectivity index (χ1n) is 5.72. The Kier molecular flexibility index (Phi) is 2.23. The molecule has 0 spiro atoms. The third-order valence-corrected chi connectivity index (χ3v) is 3.22. The first kappa shape index (κ1) is 9.87. The number of hydrogen-bond donors (Lipinski definition) is 2. The lowest BCUT2D eigenvalue weighted by molar-refractivity contribution is 0.0534. The molecule has 0 radical (unpaired) electrons. The number of benzene rings is 1. The summed E-state index contributed by atoms with van der Waals surface area (Å²) in [6.45, 7) is 5.05. The highest BCUT2D eigenvalue weighted by atomic mass is 16.5. The van der Waals surface area contributed by atoms with Crippen LogP contribution in [-0.2, 0) is 4.74 Å². The Labute approximate surface area is 94.8 Å². The predicted octanol–water partition coefficient (Wildman–Crippen LogP) is 2.48. The van der Waals surface area contributed by atoms with E-state index in [1.165, 1.54) is 22.2 Å². The van der Waals surface area contributed by atoms with Gasteiger partial charge in [-0.3, -0.25) is 5.32 Å². The summed E-state index contributed by atoms with van der Waals surface area (Å²) in [7, 11) is 0. The number of aromatic amines is 1. The van der Waals surface area contributed by atoms with E-state index in [1.54, 1.807) is 0 Å². The van der Waals surface area contributed by atoms with Gasteiger partial charge in [0.15, 0.2) is 0 Å². The lowest BCUT2D eigenvalue weighted by atomic mass is 10.1. The van der Waals surface area contributed by atoms with Gasteiger partial charge >= 0.3 is 0 Å². The van der Waals surface area contributed by atoms with Gasteiger partial charge in [-0.25, -0.2) is 0 Å². The summed E-state index contributed by atoms with van der Waals surface area (Å²) in [5.74, 6) is 0. The number of rotatable bonds is 1. The Balaban J connectivity index is 2.12. The molecule has 1 aromatic heterocycles. The van der Waals surface area contributed by atoms with Crippen LogP contribution in [0.15, 0.2) is 24.3 Å². The minimum Gasteiger partial charge on any atom is -0.358 e. The van der Waals surface area contributed by atoms with E-state index < -0.39 is 0 Å². The maximum Gasteiger partial charge on any atom is 0.106 e. The molecule has 3 rings (SSSR count). The van der Waals surface area contributed by atoms with Crippen molar-refractivity contribution in [1.29, 1.82) is 0 Å². The molecule has 16 heavy (non-hydrogen) atoms. The van der Waals surface area contributed by atoms with Gasteiger partial charge in [-0.05, 0) is 19.9 Å². The molecule has 2 unspecified atom stereocenters. The molecule has 0 bridgehead atoms. The number of nitrogens with one attached hydrogen (secondary N) is 2. The predicted molar refractivity (Wildman–Crippen MR) is 64.3 cm³/mol. The Hall–Kier alpha value is -1.32. The Morgan fingerprint density at radius 3 is 2.88 bits per heavy atom. The number of fused-ring (bicyclic) bond motifs is 1. The van der Waals surface area contributed by atoms with Crippen LogP contribution in [0.4, 0.5) is 0 Å². The third-order valence-electron chi connectivity index (χ3n) is 3.22. The van der Waals surface area contributed by atoms with Crippen LogP contribution in [0.25, 0.3) is 10.9 Å². The molecule has 1 fully saturated rings. The van der Waals surface area contributed by atoms with Crippen LogP contribution in [0.1, 0.15) is 24.3 Å². The first-order valence-corrected chi connectivity index (χ1v) is 5.72. The zero-order valence-corrected chi connectivity index (χ0v) is 9.58. The van der Waals surface area contributed by atoms with Gasteiger partial charge in [0.1, 0.15) is 6.23 Å². The minimum atomic E-state index is 0.151. The van der Waals surface area contributed by atoms with Crippen LogP contribution < -0.4 is 5.32 Å². The Bertz CT molecular complexity index is 518. The molecular weight excluding hydrogens is 200 g/mol. The monoisotopic (exact) mass is 216 g/mol. The first-order chi connectivity index (χ1) is 7.75. The molecule has 1 aliphatic rings. The van der Waals surface area contributed by atoms with Gasteiger partial charge in [-0.2, -0.15) is 0 Å². The largest absolute Gasteiger partial charge is 0.358 e. The summed E-state index contributed by atoms with van der Waals surface area (Å²) in [6.07, 6.45) is 0.323. The maximum absolute atomic E-state index is 5.86. The van der Waals surface area contributed by atoms with Crippen LogP contribution >= 0.6 is 0 Å². The van der Waals surface area contributed by atoms with Crippen molar-refractivity contribution in [3.05, 3.63) is 35.5 Å². The SMILES string of the molecule is Cc1[nH]c2ccccc2c1C1CNC(C)O1. The van der Waals surface area contributed by atoms with Gasteiger partial charge in [-0.1, -0.05) is 18.2 Å². The third kappa shape index (κ3) is 1.44. The number of aryl methyl sites for hydroxylation is 1. The average Bonchev–Trinajstić information content (AvgIpc) is 2.80. The molecule has 1 saturated heterocycles. The molecule has 3 heteroatoms. The topological polar surface area (TPSA) is 37.0 Å². The lowest BCUT2D eigenvalue weighted by Crippen LogP contribution is -2.17. The van der Waals surface area contributed by atoms with E-state index in [0.29, 0.717) is 0 Å². The summed E-state index contributed by atoms with van der Waals surface area (Å²) >= 11 is 0. The molecule has 1 aromatic carbocycles. The van der Waals surface area contributed by atoms with Gasteiger partial charge in [0, 0.05) is 28.7 Å². The Morgan fingerprint density at radius 1 is 1.31 bits per heavy atom. The molecule has 2 aromatic rings. The van der Waals surface area contributed by atoms with E-state index in [0.717, 1.165) is 6.54 Å². The van der Waals surface area contributed by atoms with Gasteiger partial charge < -0.3 is 9.72 Å². The molecule has 0 amide bonds. The summed E-state index contributed by atoms with van der Waals surface area (Å²) < 4.78 is 5.86. The number of aromatic nitrogens is 1.